The van der Waals surface area contributed by atoms with Gasteiger partial charge in [-0.3, -0.25) is 0 Å². The van der Waals surface area contributed by atoms with Gasteiger partial charge >= 0.3 is 0 Å². The quantitative estimate of drug-likeness (QED) is 0.577. The van der Waals surface area contributed by atoms with Gasteiger partial charge in [0.25, 0.3) is 0 Å². The zero-order valence-corrected chi connectivity index (χ0v) is 5.54. The van der Waals surface area contributed by atoms with Crippen LogP contribution in [0.15, 0.2) is 0 Å². The number of hydrogen-bond donors (Lipinski definition) is 1. The molecule has 9 heavy (non-hydrogen) atoms. The van der Waals surface area contributed by atoms with Gasteiger partial charge in [-0.15, -0.1) is 0 Å². The molecule has 1 rings (SSSR count). The maximum absolute atomic E-state index is 8.76. The predicted octanol–water partition coefficient (Wildman–Crippen LogP) is -0.217. The summed E-state index contributed by atoms with van der Waals surface area (Å²) in [5.41, 5.74) is 0. The minimum absolute atomic E-state index is 0.236. The Morgan fingerprint density at radius 3 is 2.78 bits per heavy atom. The van der Waals surface area contributed by atoms with Crippen LogP contribution in [0.25, 0.3) is 0 Å². The van der Waals surface area contributed by atoms with Crippen molar-refractivity contribution in [2.75, 3.05) is 19.8 Å². The van der Waals surface area contributed by atoms with Gasteiger partial charge in [-0.2, -0.15) is 0 Å². The lowest BCUT2D eigenvalue weighted by molar-refractivity contribution is -0.141. The Bertz CT molecular complexity index is 78.4. The third kappa shape index (κ3) is 2.30. The summed E-state index contributed by atoms with van der Waals surface area (Å²) in [5, 5.41) is 8.76. The number of hydrogen-bond acceptors (Lipinski definition) is 3. The van der Waals surface area contributed by atoms with E-state index >= 15 is 0 Å². The molecule has 0 spiro atoms. The van der Waals surface area contributed by atoms with E-state index < -0.39 is 0 Å². The lowest BCUT2D eigenvalue weighted by atomic mass is 10.3. The molecule has 54 valence electrons. The summed E-state index contributed by atoms with van der Waals surface area (Å²) in [5.74, 6) is 0. The van der Waals surface area contributed by atoms with E-state index in [0.29, 0.717) is 19.8 Å². The summed E-state index contributed by atoms with van der Waals surface area (Å²) < 4.78 is 10.0. The summed E-state index contributed by atoms with van der Waals surface area (Å²) >= 11 is 0. The first-order valence-electron chi connectivity index (χ1n) is 3.16. The summed E-state index contributed by atoms with van der Waals surface area (Å²) in [7, 11) is 0. The first kappa shape index (κ1) is 6.99. The molecule has 0 aromatic heterocycles. The molecule has 1 N–H and O–H groups in total. The fourth-order valence-electron chi connectivity index (χ4n) is 0.586. The highest BCUT2D eigenvalue weighted by molar-refractivity contribution is 4.64. The minimum Gasteiger partial charge on any atom is -0.391 e. The third-order valence-electron chi connectivity index (χ3n) is 1.18. The molecule has 0 saturated carbocycles. The van der Waals surface area contributed by atoms with Crippen molar-refractivity contribution in [2.24, 2.45) is 0 Å². The van der Waals surface area contributed by atoms with E-state index in [4.69, 9.17) is 14.6 Å². The molecule has 3 heteroatoms. The second-order valence-electron chi connectivity index (χ2n) is 2.34. The van der Waals surface area contributed by atoms with E-state index in [1.165, 1.54) is 0 Å². The summed E-state index contributed by atoms with van der Waals surface area (Å²) in [6.45, 7) is 3.51. The van der Waals surface area contributed by atoms with Crippen LogP contribution >= 0.6 is 0 Å². The van der Waals surface area contributed by atoms with E-state index in [0.717, 1.165) is 0 Å². The Morgan fingerprint density at radius 2 is 2.44 bits per heavy atom. The van der Waals surface area contributed by atoms with Crippen molar-refractivity contribution < 1.29 is 14.6 Å². The molecule has 0 bridgehead atoms. The van der Waals surface area contributed by atoms with E-state index in [2.05, 4.69) is 0 Å². The van der Waals surface area contributed by atoms with Crippen LogP contribution in [0.4, 0.5) is 0 Å². The first-order chi connectivity index (χ1) is 4.29. The number of ether oxygens (including phenoxy) is 2. The molecule has 0 aliphatic carbocycles. The Hall–Kier alpha value is -0.120. The first-order valence-corrected chi connectivity index (χ1v) is 3.16. The standard InChI is InChI=1S/C6H12O3/c1-5(7)2-9-6-3-8-4-6/h5-7H,2-4H2,1H3. The van der Waals surface area contributed by atoms with Crippen molar-refractivity contribution in [3.8, 4) is 0 Å². The molecule has 1 heterocycles. The molecule has 0 radical (unpaired) electrons. The number of aliphatic hydroxyl groups excluding tert-OH is 1. The van der Waals surface area contributed by atoms with Crippen LogP contribution in [-0.4, -0.2) is 37.1 Å². The zero-order valence-electron chi connectivity index (χ0n) is 5.54. The lowest BCUT2D eigenvalue weighted by Gasteiger charge is -2.26. The van der Waals surface area contributed by atoms with Crippen LogP contribution < -0.4 is 0 Å². The zero-order chi connectivity index (χ0) is 6.69. The molecular formula is C6H12O3. The van der Waals surface area contributed by atoms with Crippen LogP contribution in [0.2, 0.25) is 0 Å². The van der Waals surface area contributed by atoms with E-state index in [1.54, 1.807) is 6.92 Å². The van der Waals surface area contributed by atoms with Gasteiger partial charge in [0.15, 0.2) is 0 Å². The average Bonchev–Trinajstić information content (AvgIpc) is 1.60. The van der Waals surface area contributed by atoms with Crippen molar-refractivity contribution in [1.29, 1.82) is 0 Å². The van der Waals surface area contributed by atoms with E-state index in [-0.39, 0.29) is 12.2 Å². The third-order valence-corrected chi connectivity index (χ3v) is 1.18. The smallest absolute Gasteiger partial charge is 0.104 e. The summed E-state index contributed by atoms with van der Waals surface area (Å²) in [6.07, 6.45) is -0.120. The second kappa shape index (κ2) is 3.15. The Balaban J connectivity index is 1.91. The van der Waals surface area contributed by atoms with Crippen LogP contribution in [0.5, 0.6) is 0 Å². The minimum atomic E-state index is -0.356. The van der Waals surface area contributed by atoms with E-state index in [1.807, 2.05) is 0 Å². The second-order valence-corrected chi connectivity index (χ2v) is 2.34. The maximum atomic E-state index is 8.76. The molecule has 1 unspecified atom stereocenters. The highest BCUT2D eigenvalue weighted by atomic mass is 16.6. The van der Waals surface area contributed by atoms with Crippen molar-refractivity contribution >= 4 is 0 Å². The molecule has 0 amide bonds. The highest BCUT2D eigenvalue weighted by Gasteiger charge is 2.18. The van der Waals surface area contributed by atoms with Crippen molar-refractivity contribution in [2.45, 2.75) is 19.1 Å². The monoisotopic (exact) mass is 132 g/mol. The van der Waals surface area contributed by atoms with Gasteiger partial charge in [0.2, 0.25) is 0 Å². The fourth-order valence-corrected chi connectivity index (χ4v) is 0.586. The van der Waals surface area contributed by atoms with Gasteiger partial charge in [0.05, 0.1) is 25.9 Å². The molecule has 1 aliphatic heterocycles. The van der Waals surface area contributed by atoms with Gasteiger partial charge in [-0.25, -0.2) is 0 Å². The highest BCUT2D eigenvalue weighted by Crippen LogP contribution is 2.04. The molecule has 0 aromatic rings. The van der Waals surface area contributed by atoms with Gasteiger partial charge < -0.3 is 14.6 Å². The van der Waals surface area contributed by atoms with Crippen LogP contribution in [0.1, 0.15) is 6.92 Å². The molecule has 1 aliphatic rings. The molecule has 1 saturated heterocycles. The summed E-state index contributed by atoms with van der Waals surface area (Å²) in [6, 6.07) is 0. The van der Waals surface area contributed by atoms with Crippen molar-refractivity contribution in [1.82, 2.24) is 0 Å². The van der Waals surface area contributed by atoms with Crippen molar-refractivity contribution in [3.63, 3.8) is 0 Å². The lowest BCUT2D eigenvalue weighted by Crippen LogP contribution is -2.37. The number of rotatable bonds is 3. The Labute approximate surface area is 54.6 Å². The fraction of sp³-hybridized carbons (Fsp3) is 1.00. The SMILES string of the molecule is CC(O)COC1COC1. The Morgan fingerprint density at radius 1 is 1.78 bits per heavy atom. The summed E-state index contributed by atoms with van der Waals surface area (Å²) in [4.78, 5) is 0. The predicted molar refractivity (Wildman–Crippen MR) is 32.2 cm³/mol. The molecule has 1 fully saturated rings. The average molecular weight is 132 g/mol. The molecular weight excluding hydrogens is 120 g/mol. The van der Waals surface area contributed by atoms with Crippen LogP contribution in [0.3, 0.4) is 0 Å². The topological polar surface area (TPSA) is 38.7 Å². The number of aliphatic hydroxyl groups is 1. The molecule has 3 nitrogen and oxygen atoms in total. The molecule has 1 atom stereocenters. The Kier molecular flexibility index (Phi) is 2.45. The van der Waals surface area contributed by atoms with E-state index in [9.17, 15) is 0 Å². The van der Waals surface area contributed by atoms with Gasteiger partial charge in [0.1, 0.15) is 6.10 Å². The normalized spacial score (nSPS) is 23.3. The van der Waals surface area contributed by atoms with Gasteiger partial charge in [0, 0.05) is 0 Å². The van der Waals surface area contributed by atoms with Crippen LogP contribution in [0, 0.1) is 0 Å². The van der Waals surface area contributed by atoms with Gasteiger partial charge in [-0.05, 0) is 6.92 Å². The molecule has 0 aromatic carbocycles. The maximum Gasteiger partial charge on any atom is 0.104 e. The van der Waals surface area contributed by atoms with Crippen LogP contribution in [-0.2, 0) is 9.47 Å². The van der Waals surface area contributed by atoms with Crippen molar-refractivity contribution in [3.05, 3.63) is 0 Å². The van der Waals surface area contributed by atoms with Gasteiger partial charge in [-0.1, -0.05) is 0 Å². The largest absolute Gasteiger partial charge is 0.391 e.